The molecule has 1 atom stereocenters. The molecule has 0 saturated carbocycles. The van der Waals surface area contributed by atoms with Crippen LogP contribution in [-0.2, 0) is 9.57 Å². The van der Waals surface area contributed by atoms with Gasteiger partial charge in [-0.15, -0.1) is 0 Å². The molecule has 4 nitrogen and oxygen atoms in total. The van der Waals surface area contributed by atoms with Crippen LogP contribution in [0.25, 0.3) is 0 Å². The fourth-order valence-electron chi connectivity index (χ4n) is 1.18. The molecule has 92 valence electrons. The van der Waals surface area contributed by atoms with Crippen LogP contribution in [0.2, 0.25) is 0 Å². The molecular weight excluding hydrogens is 218 g/mol. The molecule has 0 radical (unpaired) electrons. The molecule has 4 heteroatoms. The Kier molecular flexibility index (Phi) is 5.82. The third-order valence-corrected chi connectivity index (χ3v) is 2.07. The van der Waals surface area contributed by atoms with Crippen molar-refractivity contribution in [3.63, 3.8) is 0 Å². The fourth-order valence-corrected chi connectivity index (χ4v) is 1.18. The van der Waals surface area contributed by atoms with Gasteiger partial charge in [0, 0.05) is 0 Å². The molecule has 1 aromatic carbocycles. The van der Waals surface area contributed by atoms with Crippen molar-refractivity contribution < 1.29 is 14.7 Å². The molecule has 17 heavy (non-hydrogen) atoms. The summed E-state index contributed by atoms with van der Waals surface area (Å²) in [6.07, 6.45) is 0.571. The van der Waals surface area contributed by atoms with E-state index in [2.05, 4.69) is 11.7 Å². The number of aliphatic hydroxyl groups is 1. The molecule has 0 aliphatic heterocycles. The van der Waals surface area contributed by atoms with Gasteiger partial charge in [-0.3, -0.25) is 0 Å². The summed E-state index contributed by atoms with van der Waals surface area (Å²) in [5.74, 6) is 0. The predicted octanol–water partition coefficient (Wildman–Crippen LogP) is 1.95. The van der Waals surface area contributed by atoms with E-state index in [1.54, 1.807) is 0 Å². The molecule has 0 fully saturated rings. The number of rotatable bonds is 7. The van der Waals surface area contributed by atoms with Crippen LogP contribution in [0.3, 0.4) is 0 Å². The largest absolute Gasteiger partial charge is 0.499 e. The topological polar surface area (TPSA) is 51.0 Å². The van der Waals surface area contributed by atoms with Gasteiger partial charge in [-0.2, -0.15) is 0 Å². The van der Waals surface area contributed by atoms with E-state index < -0.39 is 6.10 Å². The van der Waals surface area contributed by atoms with Gasteiger partial charge in [-0.05, 0) is 12.5 Å². The van der Waals surface area contributed by atoms with Crippen molar-refractivity contribution in [2.75, 3.05) is 13.2 Å². The van der Waals surface area contributed by atoms with Crippen molar-refractivity contribution in [1.82, 2.24) is 0 Å². The SMILES string of the molecule is C=COCC(O)CO/N=C(\C)c1ccccc1. The maximum absolute atomic E-state index is 9.40. The predicted molar refractivity (Wildman–Crippen MR) is 66.8 cm³/mol. The Morgan fingerprint density at radius 1 is 1.41 bits per heavy atom. The molecule has 1 aromatic rings. The fraction of sp³-hybridized carbons (Fsp3) is 0.308. The van der Waals surface area contributed by atoms with E-state index >= 15 is 0 Å². The van der Waals surface area contributed by atoms with Gasteiger partial charge in [0.15, 0.2) is 0 Å². The summed E-state index contributed by atoms with van der Waals surface area (Å²) in [5.41, 5.74) is 1.76. The maximum Gasteiger partial charge on any atom is 0.146 e. The first-order valence-corrected chi connectivity index (χ1v) is 5.36. The van der Waals surface area contributed by atoms with Crippen molar-refractivity contribution in [2.24, 2.45) is 5.16 Å². The van der Waals surface area contributed by atoms with Gasteiger partial charge in [0.05, 0.1) is 12.0 Å². The van der Waals surface area contributed by atoms with Crippen LogP contribution in [0.4, 0.5) is 0 Å². The number of ether oxygens (including phenoxy) is 1. The Morgan fingerprint density at radius 3 is 2.76 bits per heavy atom. The van der Waals surface area contributed by atoms with Crippen LogP contribution >= 0.6 is 0 Å². The van der Waals surface area contributed by atoms with Gasteiger partial charge in [-0.25, -0.2) is 0 Å². The molecule has 0 bridgehead atoms. The van der Waals surface area contributed by atoms with E-state index in [4.69, 9.17) is 9.57 Å². The third-order valence-electron chi connectivity index (χ3n) is 2.07. The van der Waals surface area contributed by atoms with Crippen LogP contribution in [-0.4, -0.2) is 30.1 Å². The highest BCUT2D eigenvalue weighted by atomic mass is 16.6. The second kappa shape index (κ2) is 7.46. The number of aliphatic hydroxyl groups excluding tert-OH is 1. The molecule has 0 amide bonds. The first-order chi connectivity index (χ1) is 8.24. The summed E-state index contributed by atoms with van der Waals surface area (Å²) >= 11 is 0. The summed E-state index contributed by atoms with van der Waals surface area (Å²) in [6.45, 7) is 5.48. The summed E-state index contributed by atoms with van der Waals surface area (Å²) in [4.78, 5) is 5.03. The van der Waals surface area contributed by atoms with Crippen molar-refractivity contribution in [2.45, 2.75) is 13.0 Å². The van der Waals surface area contributed by atoms with Crippen molar-refractivity contribution >= 4 is 5.71 Å². The van der Waals surface area contributed by atoms with E-state index in [1.165, 1.54) is 6.26 Å². The highest BCUT2D eigenvalue weighted by Crippen LogP contribution is 2.01. The van der Waals surface area contributed by atoms with Crippen LogP contribution < -0.4 is 0 Å². The standard InChI is InChI=1S/C13H17NO3/c1-3-16-9-13(15)10-17-14-11(2)12-7-5-4-6-8-12/h3-8,13,15H,1,9-10H2,2H3/b14-11+. The molecule has 0 spiro atoms. The highest BCUT2D eigenvalue weighted by molar-refractivity contribution is 5.98. The molecule has 0 heterocycles. The lowest BCUT2D eigenvalue weighted by atomic mass is 10.1. The van der Waals surface area contributed by atoms with Crippen molar-refractivity contribution in [1.29, 1.82) is 0 Å². The second-order valence-corrected chi connectivity index (χ2v) is 3.49. The van der Waals surface area contributed by atoms with E-state index in [0.29, 0.717) is 0 Å². The van der Waals surface area contributed by atoms with Gasteiger partial charge < -0.3 is 14.7 Å². The normalized spacial score (nSPS) is 12.9. The van der Waals surface area contributed by atoms with Crippen LogP contribution in [0.1, 0.15) is 12.5 Å². The molecule has 1 N–H and O–H groups in total. The highest BCUT2D eigenvalue weighted by Gasteiger charge is 2.04. The minimum atomic E-state index is -0.708. The zero-order valence-electron chi connectivity index (χ0n) is 9.87. The Morgan fingerprint density at radius 2 is 2.12 bits per heavy atom. The van der Waals surface area contributed by atoms with Gasteiger partial charge in [0.2, 0.25) is 0 Å². The molecule has 0 saturated heterocycles. The molecule has 0 aliphatic rings. The number of oxime groups is 1. The Balaban J connectivity index is 2.36. The van der Waals surface area contributed by atoms with Gasteiger partial charge >= 0.3 is 0 Å². The number of benzene rings is 1. The monoisotopic (exact) mass is 235 g/mol. The summed E-state index contributed by atoms with van der Waals surface area (Å²) in [7, 11) is 0. The molecule has 1 rings (SSSR count). The number of nitrogens with zero attached hydrogens (tertiary/aromatic N) is 1. The lowest BCUT2D eigenvalue weighted by Crippen LogP contribution is -2.19. The molecular formula is C13H17NO3. The Hall–Kier alpha value is -1.81. The molecule has 0 aromatic heterocycles. The second-order valence-electron chi connectivity index (χ2n) is 3.49. The van der Waals surface area contributed by atoms with Crippen LogP contribution in [0, 0.1) is 0 Å². The van der Waals surface area contributed by atoms with Crippen molar-refractivity contribution in [3.8, 4) is 0 Å². The minimum absolute atomic E-state index is 0.0953. The van der Waals surface area contributed by atoms with Gasteiger partial charge in [0.1, 0.15) is 19.3 Å². The number of hydrogen-bond donors (Lipinski definition) is 1. The smallest absolute Gasteiger partial charge is 0.146 e. The van der Waals surface area contributed by atoms with E-state index in [-0.39, 0.29) is 13.2 Å². The summed E-state index contributed by atoms with van der Waals surface area (Å²) in [6, 6.07) is 9.69. The van der Waals surface area contributed by atoms with E-state index in [0.717, 1.165) is 11.3 Å². The minimum Gasteiger partial charge on any atom is -0.499 e. The average Bonchev–Trinajstić information content (AvgIpc) is 2.37. The van der Waals surface area contributed by atoms with Gasteiger partial charge in [-0.1, -0.05) is 42.1 Å². The maximum atomic E-state index is 9.40. The molecule has 1 unspecified atom stereocenters. The van der Waals surface area contributed by atoms with E-state index in [1.807, 2.05) is 37.3 Å². The van der Waals surface area contributed by atoms with E-state index in [9.17, 15) is 5.11 Å². The zero-order valence-corrected chi connectivity index (χ0v) is 9.87. The van der Waals surface area contributed by atoms with Crippen LogP contribution in [0.15, 0.2) is 48.3 Å². The third kappa shape index (κ3) is 5.17. The Labute approximate surface area is 101 Å². The van der Waals surface area contributed by atoms with Gasteiger partial charge in [0.25, 0.3) is 0 Å². The van der Waals surface area contributed by atoms with Crippen molar-refractivity contribution in [3.05, 3.63) is 48.7 Å². The quantitative estimate of drug-likeness (QED) is 0.446. The first kappa shape index (κ1) is 13.3. The lowest BCUT2D eigenvalue weighted by molar-refractivity contribution is 0.00445. The summed E-state index contributed by atoms with van der Waals surface area (Å²) in [5, 5.41) is 13.3. The summed E-state index contributed by atoms with van der Waals surface area (Å²) < 4.78 is 4.82. The lowest BCUT2D eigenvalue weighted by Gasteiger charge is -2.08. The number of hydrogen-bond acceptors (Lipinski definition) is 4. The average molecular weight is 235 g/mol. The molecule has 0 aliphatic carbocycles. The van der Waals surface area contributed by atoms with Crippen LogP contribution in [0.5, 0.6) is 0 Å². The Bertz CT molecular complexity index is 362. The zero-order chi connectivity index (χ0) is 12.5. The first-order valence-electron chi connectivity index (χ1n) is 5.36.